The van der Waals surface area contributed by atoms with Crippen LogP contribution in [0.2, 0.25) is 10.0 Å². The number of anilines is 4. The van der Waals surface area contributed by atoms with E-state index in [2.05, 4.69) is 10.6 Å². The van der Waals surface area contributed by atoms with Crippen LogP contribution in [0.1, 0.15) is 43.5 Å². The molecule has 1 unspecified atom stereocenters. The predicted octanol–water partition coefficient (Wildman–Crippen LogP) is 7.54. The Morgan fingerprint density at radius 3 is 2.15 bits per heavy atom. The van der Waals surface area contributed by atoms with E-state index in [1.807, 2.05) is 76.3 Å². The lowest BCUT2D eigenvalue weighted by Gasteiger charge is -2.31. The molecule has 3 rings (SSSR count). The molecule has 0 aliphatic carbocycles. The van der Waals surface area contributed by atoms with Crippen molar-refractivity contribution < 1.29 is 4.79 Å². The highest BCUT2D eigenvalue weighted by molar-refractivity contribution is 6.32. The number of hydrogen-bond donors (Lipinski definition) is 3. The number of nitrogens with one attached hydrogen (secondary N) is 2. The fourth-order valence-electron chi connectivity index (χ4n) is 4.00. The number of carbonyl (C=O) groups excluding carboxylic acids is 1. The van der Waals surface area contributed by atoms with Gasteiger partial charge in [-0.05, 0) is 78.9 Å². The molecule has 0 bridgehead atoms. The molecule has 2 amide bonds. The standard InChI is InChI=1S/C26H30Cl2N4O/c1-5-21-23(28)15-24(29)22(6-2)25(21)31-26(33)32(20-13-11-19(30-4)12-14-20)16(3)17-7-9-18(27)10-8-17/h7-16,30H,5-6,29H2,1-4H3,(H,31,33). The molecule has 0 saturated heterocycles. The average molecular weight is 485 g/mol. The third-order valence-electron chi connectivity index (χ3n) is 5.85. The van der Waals surface area contributed by atoms with E-state index in [0.29, 0.717) is 34.3 Å². The van der Waals surface area contributed by atoms with Crippen LogP contribution in [0.25, 0.3) is 0 Å². The minimum atomic E-state index is -0.263. The second kappa shape index (κ2) is 10.8. The van der Waals surface area contributed by atoms with Crippen molar-refractivity contribution in [2.45, 2.75) is 39.7 Å². The van der Waals surface area contributed by atoms with Crippen LogP contribution in [0.5, 0.6) is 0 Å². The lowest BCUT2D eigenvalue weighted by Crippen LogP contribution is -2.37. The Kier molecular flexibility index (Phi) is 8.11. The van der Waals surface area contributed by atoms with E-state index < -0.39 is 0 Å². The van der Waals surface area contributed by atoms with Crippen molar-refractivity contribution in [1.29, 1.82) is 0 Å². The van der Waals surface area contributed by atoms with E-state index in [0.717, 1.165) is 28.1 Å². The van der Waals surface area contributed by atoms with Gasteiger partial charge in [-0.25, -0.2) is 4.79 Å². The van der Waals surface area contributed by atoms with Crippen molar-refractivity contribution in [3.05, 3.63) is 81.3 Å². The number of amides is 2. The number of rotatable bonds is 7. The van der Waals surface area contributed by atoms with E-state index in [4.69, 9.17) is 28.9 Å². The highest BCUT2D eigenvalue weighted by Crippen LogP contribution is 2.36. The van der Waals surface area contributed by atoms with Gasteiger partial charge < -0.3 is 16.4 Å². The minimum Gasteiger partial charge on any atom is -0.398 e. The summed E-state index contributed by atoms with van der Waals surface area (Å²) in [5, 5.41) is 7.44. The zero-order chi connectivity index (χ0) is 24.1. The minimum absolute atomic E-state index is 0.255. The molecule has 33 heavy (non-hydrogen) atoms. The molecule has 0 aliphatic rings. The Morgan fingerprint density at radius 1 is 1.00 bits per heavy atom. The number of urea groups is 1. The molecule has 4 N–H and O–H groups in total. The first-order valence-electron chi connectivity index (χ1n) is 11.0. The zero-order valence-electron chi connectivity index (χ0n) is 19.4. The van der Waals surface area contributed by atoms with Gasteiger partial charge in [0.15, 0.2) is 0 Å². The SMILES string of the molecule is CCc1c(N)cc(Cl)c(CC)c1NC(=O)N(c1ccc(NC)cc1)C(C)c1ccc(Cl)cc1. The molecular weight excluding hydrogens is 455 g/mol. The first-order valence-corrected chi connectivity index (χ1v) is 11.8. The third-order valence-corrected chi connectivity index (χ3v) is 6.44. The van der Waals surface area contributed by atoms with E-state index in [-0.39, 0.29) is 12.1 Å². The van der Waals surface area contributed by atoms with Crippen molar-refractivity contribution in [3.8, 4) is 0 Å². The molecule has 0 heterocycles. The molecule has 3 aromatic carbocycles. The van der Waals surface area contributed by atoms with Crippen LogP contribution in [0.15, 0.2) is 54.6 Å². The summed E-state index contributed by atoms with van der Waals surface area (Å²) in [4.78, 5) is 15.5. The summed E-state index contributed by atoms with van der Waals surface area (Å²) >= 11 is 12.6. The smallest absolute Gasteiger partial charge is 0.326 e. The monoisotopic (exact) mass is 484 g/mol. The maximum atomic E-state index is 13.8. The number of nitrogens with zero attached hydrogens (tertiary/aromatic N) is 1. The van der Waals surface area contributed by atoms with Crippen LogP contribution in [-0.4, -0.2) is 13.1 Å². The maximum Gasteiger partial charge on any atom is 0.326 e. The highest BCUT2D eigenvalue weighted by atomic mass is 35.5. The van der Waals surface area contributed by atoms with Crippen LogP contribution in [0.4, 0.5) is 27.5 Å². The van der Waals surface area contributed by atoms with Gasteiger partial charge in [0, 0.05) is 34.2 Å². The van der Waals surface area contributed by atoms with E-state index in [1.54, 1.807) is 11.0 Å². The normalized spacial score (nSPS) is 11.7. The number of benzene rings is 3. The van der Waals surface area contributed by atoms with Gasteiger partial charge in [-0.15, -0.1) is 0 Å². The summed E-state index contributed by atoms with van der Waals surface area (Å²) in [5.41, 5.74) is 12.0. The summed E-state index contributed by atoms with van der Waals surface area (Å²) in [6, 6.07) is 16.5. The third kappa shape index (κ3) is 5.37. The Bertz CT molecular complexity index is 1090. The number of carbonyl (C=O) groups is 1. The fraction of sp³-hybridized carbons (Fsp3) is 0.269. The molecule has 0 fully saturated rings. The summed E-state index contributed by atoms with van der Waals surface area (Å²) in [6.07, 6.45) is 1.35. The molecule has 0 aliphatic heterocycles. The first kappa shape index (κ1) is 24.7. The van der Waals surface area contributed by atoms with E-state index in [1.165, 1.54) is 0 Å². The number of halogens is 2. The van der Waals surface area contributed by atoms with Gasteiger partial charge in [-0.2, -0.15) is 0 Å². The second-order valence-corrected chi connectivity index (χ2v) is 8.66. The van der Waals surface area contributed by atoms with E-state index in [9.17, 15) is 4.79 Å². The van der Waals surface area contributed by atoms with Crippen LogP contribution in [-0.2, 0) is 12.8 Å². The Labute approximate surface area is 205 Å². The molecule has 0 aromatic heterocycles. The van der Waals surface area contributed by atoms with Crippen LogP contribution in [0.3, 0.4) is 0 Å². The molecule has 0 saturated carbocycles. The van der Waals surface area contributed by atoms with Crippen molar-refractivity contribution in [3.63, 3.8) is 0 Å². The molecule has 7 heteroatoms. The first-order chi connectivity index (χ1) is 15.8. The van der Waals surface area contributed by atoms with Gasteiger partial charge in [0.2, 0.25) is 0 Å². The molecule has 1 atom stereocenters. The van der Waals surface area contributed by atoms with E-state index >= 15 is 0 Å². The fourth-order valence-corrected chi connectivity index (χ4v) is 4.47. The van der Waals surface area contributed by atoms with Crippen molar-refractivity contribution >= 4 is 52.0 Å². The lowest BCUT2D eigenvalue weighted by atomic mass is 10.0. The Morgan fingerprint density at radius 2 is 1.61 bits per heavy atom. The van der Waals surface area contributed by atoms with Gasteiger partial charge in [0.05, 0.1) is 11.7 Å². The van der Waals surface area contributed by atoms with Crippen LogP contribution >= 0.6 is 23.2 Å². The van der Waals surface area contributed by atoms with Gasteiger partial charge in [0.25, 0.3) is 0 Å². The van der Waals surface area contributed by atoms with Gasteiger partial charge >= 0.3 is 6.03 Å². The average Bonchev–Trinajstić information content (AvgIpc) is 2.80. The second-order valence-electron chi connectivity index (χ2n) is 7.81. The van der Waals surface area contributed by atoms with Gasteiger partial charge in [-0.1, -0.05) is 49.2 Å². The Balaban J connectivity index is 2.07. The highest BCUT2D eigenvalue weighted by Gasteiger charge is 2.26. The molecule has 5 nitrogen and oxygen atoms in total. The summed E-state index contributed by atoms with van der Waals surface area (Å²) in [7, 11) is 1.86. The summed E-state index contributed by atoms with van der Waals surface area (Å²) < 4.78 is 0. The summed E-state index contributed by atoms with van der Waals surface area (Å²) in [5.74, 6) is 0. The van der Waals surface area contributed by atoms with Gasteiger partial charge in [-0.3, -0.25) is 4.90 Å². The van der Waals surface area contributed by atoms with Crippen molar-refractivity contribution in [2.24, 2.45) is 0 Å². The lowest BCUT2D eigenvalue weighted by molar-refractivity contribution is 0.255. The molecule has 174 valence electrons. The molecular formula is C26H30Cl2N4O. The largest absolute Gasteiger partial charge is 0.398 e. The zero-order valence-corrected chi connectivity index (χ0v) is 20.9. The van der Waals surface area contributed by atoms with Crippen molar-refractivity contribution in [1.82, 2.24) is 0 Å². The van der Waals surface area contributed by atoms with Crippen LogP contribution < -0.4 is 21.3 Å². The number of nitrogens with two attached hydrogens (primary N) is 1. The topological polar surface area (TPSA) is 70.4 Å². The molecule has 3 aromatic rings. The predicted molar refractivity (Wildman–Crippen MR) is 142 cm³/mol. The maximum absolute atomic E-state index is 13.8. The number of hydrogen-bond acceptors (Lipinski definition) is 3. The number of nitrogen functional groups attached to an aromatic ring is 1. The Hall–Kier alpha value is -2.89. The van der Waals surface area contributed by atoms with Crippen LogP contribution in [0, 0.1) is 0 Å². The quantitative estimate of drug-likeness (QED) is 0.303. The summed E-state index contributed by atoms with van der Waals surface area (Å²) in [6.45, 7) is 6.01. The molecule has 0 spiro atoms. The van der Waals surface area contributed by atoms with Gasteiger partial charge in [0.1, 0.15) is 0 Å². The molecule has 0 radical (unpaired) electrons. The van der Waals surface area contributed by atoms with Crippen molar-refractivity contribution in [2.75, 3.05) is 28.3 Å².